The fourth-order valence-corrected chi connectivity index (χ4v) is 3.40. The van der Waals surface area contributed by atoms with Crippen LogP contribution in [0.15, 0.2) is 30.3 Å². The maximum atomic E-state index is 11.7. The summed E-state index contributed by atoms with van der Waals surface area (Å²) in [6.45, 7) is 1.65. The number of aliphatic carboxylic acids is 1. The monoisotopic (exact) mass is 290 g/mol. The van der Waals surface area contributed by atoms with Crippen molar-refractivity contribution in [1.29, 1.82) is 0 Å². The lowest BCUT2D eigenvalue weighted by Crippen LogP contribution is -2.46. The molecule has 1 heterocycles. The van der Waals surface area contributed by atoms with E-state index in [4.69, 9.17) is 9.47 Å². The summed E-state index contributed by atoms with van der Waals surface area (Å²) in [7, 11) is 0. The van der Waals surface area contributed by atoms with E-state index in [9.17, 15) is 9.90 Å². The zero-order chi connectivity index (χ0) is 14.9. The van der Waals surface area contributed by atoms with Crippen molar-refractivity contribution in [2.75, 3.05) is 0 Å². The molecule has 1 aromatic carbocycles. The molecule has 1 aromatic rings. The van der Waals surface area contributed by atoms with E-state index < -0.39 is 23.5 Å². The zero-order valence-corrected chi connectivity index (χ0v) is 12.4. The summed E-state index contributed by atoms with van der Waals surface area (Å²) in [4.78, 5) is 11.7. The normalized spacial score (nSPS) is 31.4. The van der Waals surface area contributed by atoms with Crippen molar-refractivity contribution in [2.24, 2.45) is 0 Å². The molecule has 2 fully saturated rings. The smallest absolute Gasteiger partial charge is 0.338 e. The molecule has 0 radical (unpaired) electrons. The van der Waals surface area contributed by atoms with Crippen molar-refractivity contribution in [1.82, 2.24) is 0 Å². The topological polar surface area (TPSA) is 55.8 Å². The number of hydrogen-bond donors (Lipinski definition) is 1. The Morgan fingerprint density at radius 2 is 1.90 bits per heavy atom. The van der Waals surface area contributed by atoms with Gasteiger partial charge in [0.25, 0.3) is 0 Å². The van der Waals surface area contributed by atoms with Gasteiger partial charge in [-0.2, -0.15) is 0 Å². The quantitative estimate of drug-likeness (QED) is 0.929. The molecule has 0 amide bonds. The van der Waals surface area contributed by atoms with Crippen molar-refractivity contribution in [3.63, 3.8) is 0 Å². The average Bonchev–Trinajstić information content (AvgIpc) is 2.74. The van der Waals surface area contributed by atoms with Crippen molar-refractivity contribution in [3.05, 3.63) is 35.9 Å². The van der Waals surface area contributed by atoms with Gasteiger partial charge < -0.3 is 14.6 Å². The largest absolute Gasteiger partial charge is 0.479 e. The third-order valence-electron chi connectivity index (χ3n) is 4.67. The van der Waals surface area contributed by atoms with Crippen LogP contribution in [0.2, 0.25) is 0 Å². The Balaban J connectivity index is 1.84. The highest BCUT2D eigenvalue weighted by Gasteiger charge is 2.58. The Bertz CT molecular complexity index is 507. The van der Waals surface area contributed by atoms with Gasteiger partial charge >= 0.3 is 5.97 Å². The summed E-state index contributed by atoms with van der Waals surface area (Å²) in [6.07, 6.45) is 4.94. The first-order valence-corrected chi connectivity index (χ1v) is 7.69. The Morgan fingerprint density at radius 1 is 1.24 bits per heavy atom. The summed E-state index contributed by atoms with van der Waals surface area (Å²) in [5.41, 5.74) is -0.195. The Hall–Kier alpha value is -1.39. The van der Waals surface area contributed by atoms with Crippen LogP contribution in [0.5, 0.6) is 0 Å². The van der Waals surface area contributed by atoms with E-state index in [1.807, 2.05) is 30.3 Å². The molecule has 2 atom stereocenters. The highest BCUT2D eigenvalue weighted by atomic mass is 16.8. The van der Waals surface area contributed by atoms with Gasteiger partial charge in [0.2, 0.25) is 0 Å². The van der Waals surface area contributed by atoms with Gasteiger partial charge in [-0.25, -0.2) is 4.79 Å². The zero-order valence-electron chi connectivity index (χ0n) is 12.4. The van der Waals surface area contributed by atoms with Crippen LogP contribution in [-0.2, 0) is 20.7 Å². The molecule has 1 aliphatic heterocycles. The predicted molar refractivity (Wildman–Crippen MR) is 78.0 cm³/mol. The van der Waals surface area contributed by atoms with Crippen molar-refractivity contribution >= 4 is 5.97 Å². The predicted octanol–water partition coefficient (Wildman–Crippen LogP) is 3.15. The van der Waals surface area contributed by atoms with E-state index in [1.54, 1.807) is 6.92 Å². The minimum Gasteiger partial charge on any atom is -0.479 e. The number of rotatable bonds is 3. The first kappa shape index (κ1) is 14.5. The standard InChI is InChI=1S/C17H22O4/c1-16(15(18)19)14(12-13-8-4-2-5-9-13)20-17(21-16)10-6-3-7-11-17/h2,4-5,8-9,14H,3,6-7,10-12H2,1H3,(H,18,19)/t14-,16+/m0/s1. The number of carbonyl (C=O) groups is 1. The molecule has 114 valence electrons. The van der Waals surface area contributed by atoms with Crippen molar-refractivity contribution in [3.8, 4) is 0 Å². The minimum atomic E-state index is -1.27. The second-order valence-electron chi connectivity index (χ2n) is 6.28. The maximum absolute atomic E-state index is 11.7. The highest BCUT2D eigenvalue weighted by molar-refractivity contribution is 5.78. The van der Waals surface area contributed by atoms with E-state index in [1.165, 1.54) is 6.42 Å². The number of ether oxygens (including phenoxy) is 2. The maximum Gasteiger partial charge on any atom is 0.338 e. The molecule has 1 aliphatic carbocycles. The molecule has 0 bridgehead atoms. The fraction of sp³-hybridized carbons (Fsp3) is 0.588. The van der Waals surface area contributed by atoms with E-state index in [-0.39, 0.29) is 0 Å². The molecule has 0 aromatic heterocycles. The van der Waals surface area contributed by atoms with Gasteiger partial charge in [0.15, 0.2) is 11.4 Å². The number of carboxylic acids is 1. The SMILES string of the molecule is C[C@@]1(C(=O)O)OC2(CCCCC2)O[C@H]1Cc1ccccc1. The van der Waals surface area contributed by atoms with Crippen LogP contribution < -0.4 is 0 Å². The van der Waals surface area contributed by atoms with E-state index in [2.05, 4.69) is 0 Å². The molecule has 1 N–H and O–H groups in total. The molecule has 2 aliphatic rings. The molecular formula is C17H22O4. The number of hydrogen-bond acceptors (Lipinski definition) is 3. The van der Waals surface area contributed by atoms with Crippen LogP contribution in [0.1, 0.15) is 44.6 Å². The summed E-state index contributed by atoms with van der Waals surface area (Å²) in [5, 5.41) is 9.63. The molecule has 1 saturated heterocycles. The lowest BCUT2D eigenvalue weighted by Gasteiger charge is -2.32. The van der Waals surface area contributed by atoms with Crippen LogP contribution in [-0.4, -0.2) is 28.6 Å². The van der Waals surface area contributed by atoms with E-state index in [0.717, 1.165) is 31.2 Å². The summed E-state index contributed by atoms with van der Waals surface area (Å²) >= 11 is 0. The molecule has 4 heteroatoms. The molecule has 21 heavy (non-hydrogen) atoms. The molecule has 1 saturated carbocycles. The van der Waals surface area contributed by atoms with Gasteiger partial charge in [0.1, 0.15) is 6.10 Å². The van der Waals surface area contributed by atoms with Crippen LogP contribution in [0.4, 0.5) is 0 Å². The average molecular weight is 290 g/mol. The Morgan fingerprint density at radius 3 is 2.52 bits per heavy atom. The molecule has 4 nitrogen and oxygen atoms in total. The van der Waals surface area contributed by atoms with Gasteiger partial charge in [-0.05, 0) is 25.3 Å². The third-order valence-corrected chi connectivity index (χ3v) is 4.67. The van der Waals surface area contributed by atoms with E-state index >= 15 is 0 Å². The first-order chi connectivity index (χ1) is 10.0. The Labute approximate surface area is 125 Å². The molecule has 1 spiro atoms. The van der Waals surface area contributed by atoms with Gasteiger partial charge in [-0.3, -0.25) is 0 Å². The fourth-order valence-electron chi connectivity index (χ4n) is 3.40. The second kappa shape index (κ2) is 5.43. The molecule has 3 rings (SSSR count). The number of carboxylic acid groups (broad SMARTS) is 1. The lowest BCUT2D eigenvalue weighted by molar-refractivity contribution is -0.211. The van der Waals surface area contributed by atoms with Crippen molar-refractivity contribution in [2.45, 2.75) is 62.9 Å². The minimum absolute atomic E-state index is 0.449. The van der Waals surface area contributed by atoms with Crippen LogP contribution >= 0.6 is 0 Å². The van der Waals surface area contributed by atoms with Crippen molar-refractivity contribution < 1.29 is 19.4 Å². The van der Waals surface area contributed by atoms with Gasteiger partial charge in [0, 0.05) is 19.3 Å². The summed E-state index contributed by atoms with van der Waals surface area (Å²) < 4.78 is 12.2. The summed E-state index contributed by atoms with van der Waals surface area (Å²) in [5.74, 6) is -1.63. The van der Waals surface area contributed by atoms with Crippen LogP contribution in [0.25, 0.3) is 0 Å². The lowest BCUT2D eigenvalue weighted by atomic mass is 9.93. The molecular weight excluding hydrogens is 268 g/mol. The van der Waals surface area contributed by atoms with Gasteiger partial charge in [-0.15, -0.1) is 0 Å². The number of benzene rings is 1. The third kappa shape index (κ3) is 2.70. The van der Waals surface area contributed by atoms with Crippen LogP contribution in [0.3, 0.4) is 0 Å². The first-order valence-electron chi connectivity index (χ1n) is 7.69. The Kier molecular flexibility index (Phi) is 3.76. The highest BCUT2D eigenvalue weighted by Crippen LogP contribution is 2.46. The van der Waals surface area contributed by atoms with Crippen LogP contribution in [0, 0.1) is 0 Å². The summed E-state index contributed by atoms with van der Waals surface area (Å²) in [6, 6.07) is 9.86. The van der Waals surface area contributed by atoms with Gasteiger partial charge in [-0.1, -0.05) is 36.8 Å². The molecule has 0 unspecified atom stereocenters. The van der Waals surface area contributed by atoms with E-state index in [0.29, 0.717) is 6.42 Å². The second-order valence-corrected chi connectivity index (χ2v) is 6.28. The van der Waals surface area contributed by atoms with Gasteiger partial charge in [0.05, 0.1) is 0 Å².